The third kappa shape index (κ3) is 2.81. The van der Waals surface area contributed by atoms with Gasteiger partial charge in [0.25, 0.3) is 5.91 Å². The van der Waals surface area contributed by atoms with Crippen molar-refractivity contribution < 1.29 is 14.7 Å². The summed E-state index contributed by atoms with van der Waals surface area (Å²) in [6.45, 7) is 0.651. The molecule has 0 bridgehead atoms. The molecular weight excluding hydrogens is 220 g/mol. The maximum atomic E-state index is 11.7. The standard InChI is InChI=1S/C12H14N2O3/c15-11(13-7-8-3-1-4-8)9-5-2-6-10(14-9)12(16)17/h2,5-6,8H,1,3-4,7H2,(H,13,15)(H,16,17). The monoisotopic (exact) mass is 234 g/mol. The average molecular weight is 234 g/mol. The zero-order valence-electron chi connectivity index (χ0n) is 9.35. The van der Waals surface area contributed by atoms with Crippen molar-refractivity contribution in [3.63, 3.8) is 0 Å². The van der Waals surface area contributed by atoms with Crippen molar-refractivity contribution in [2.45, 2.75) is 19.3 Å². The highest BCUT2D eigenvalue weighted by atomic mass is 16.4. The first-order valence-corrected chi connectivity index (χ1v) is 5.65. The molecule has 0 saturated heterocycles. The van der Waals surface area contributed by atoms with E-state index < -0.39 is 5.97 Å². The molecule has 1 aromatic heterocycles. The molecule has 0 spiro atoms. The molecule has 0 aliphatic heterocycles. The minimum atomic E-state index is -1.13. The van der Waals surface area contributed by atoms with E-state index in [1.54, 1.807) is 0 Å². The van der Waals surface area contributed by atoms with E-state index >= 15 is 0 Å². The first-order valence-electron chi connectivity index (χ1n) is 5.65. The third-order valence-corrected chi connectivity index (χ3v) is 2.98. The van der Waals surface area contributed by atoms with Crippen LogP contribution in [0.15, 0.2) is 18.2 Å². The normalized spacial score (nSPS) is 15.1. The van der Waals surface area contributed by atoms with E-state index in [1.807, 2.05) is 0 Å². The molecule has 90 valence electrons. The Kier molecular flexibility index (Phi) is 3.37. The average Bonchev–Trinajstić information content (AvgIpc) is 2.27. The van der Waals surface area contributed by atoms with E-state index in [2.05, 4.69) is 10.3 Å². The van der Waals surface area contributed by atoms with Crippen molar-refractivity contribution >= 4 is 11.9 Å². The number of rotatable bonds is 4. The van der Waals surface area contributed by atoms with Gasteiger partial charge in [0, 0.05) is 6.54 Å². The van der Waals surface area contributed by atoms with E-state index in [4.69, 9.17) is 5.11 Å². The summed E-state index contributed by atoms with van der Waals surface area (Å²) in [5, 5.41) is 11.5. The highest BCUT2D eigenvalue weighted by Gasteiger charge is 2.18. The lowest BCUT2D eigenvalue weighted by atomic mass is 9.85. The minimum absolute atomic E-state index is 0.110. The first-order chi connectivity index (χ1) is 8.16. The Morgan fingerprint density at radius 3 is 2.65 bits per heavy atom. The van der Waals surface area contributed by atoms with Gasteiger partial charge in [0.15, 0.2) is 0 Å². The molecule has 0 aromatic carbocycles. The van der Waals surface area contributed by atoms with Gasteiger partial charge in [0.05, 0.1) is 0 Å². The van der Waals surface area contributed by atoms with Gasteiger partial charge in [-0.25, -0.2) is 9.78 Å². The van der Waals surface area contributed by atoms with Gasteiger partial charge in [0.1, 0.15) is 11.4 Å². The zero-order valence-corrected chi connectivity index (χ0v) is 9.35. The Morgan fingerprint density at radius 2 is 2.06 bits per heavy atom. The first kappa shape index (κ1) is 11.6. The number of hydrogen-bond donors (Lipinski definition) is 2. The third-order valence-electron chi connectivity index (χ3n) is 2.98. The van der Waals surface area contributed by atoms with Gasteiger partial charge < -0.3 is 10.4 Å². The van der Waals surface area contributed by atoms with Gasteiger partial charge in [-0.1, -0.05) is 12.5 Å². The van der Waals surface area contributed by atoms with Gasteiger partial charge in [-0.2, -0.15) is 0 Å². The molecule has 0 unspecified atom stereocenters. The summed E-state index contributed by atoms with van der Waals surface area (Å²) in [5.41, 5.74) is 0.0468. The Labute approximate surface area is 98.9 Å². The molecule has 1 aliphatic carbocycles. The SMILES string of the molecule is O=C(O)c1cccc(C(=O)NCC2CCC2)n1. The second-order valence-corrected chi connectivity index (χ2v) is 4.22. The topological polar surface area (TPSA) is 79.3 Å². The van der Waals surface area contributed by atoms with Crippen LogP contribution in [0.5, 0.6) is 0 Å². The highest BCUT2D eigenvalue weighted by molar-refractivity contribution is 5.94. The second-order valence-electron chi connectivity index (χ2n) is 4.22. The van der Waals surface area contributed by atoms with Crippen LogP contribution in [-0.2, 0) is 0 Å². The molecule has 1 heterocycles. The molecule has 2 rings (SSSR count). The van der Waals surface area contributed by atoms with Crippen molar-refractivity contribution in [1.82, 2.24) is 10.3 Å². The van der Waals surface area contributed by atoms with Gasteiger partial charge in [-0.05, 0) is 30.9 Å². The van der Waals surface area contributed by atoms with Crippen LogP contribution in [0.1, 0.15) is 40.2 Å². The fraction of sp³-hybridized carbons (Fsp3) is 0.417. The Balaban J connectivity index is 1.97. The molecule has 0 radical (unpaired) electrons. The summed E-state index contributed by atoms with van der Waals surface area (Å²) >= 11 is 0. The van der Waals surface area contributed by atoms with Crippen LogP contribution >= 0.6 is 0 Å². The minimum Gasteiger partial charge on any atom is -0.477 e. The molecule has 1 fully saturated rings. The van der Waals surface area contributed by atoms with E-state index in [0.717, 1.165) is 12.8 Å². The van der Waals surface area contributed by atoms with Crippen LogP contribution in [-0.4, -0.2) is 28.5 Å². The number of carbonyl (C=O) groups is 2. The fourth-order valence-corrected chi connectivity index (χ4v) is 1.70. The quantitative estimate of drug-likeness (QED) is 0.823. The second kappa shape index (κ2) is 4.95. The lowest BCUT2D eigenvalue weighted by Crippen LogP contribution is -2.32. The van der Waals surface area contributed by atoms with Crippen LogP contribution in [0, 0.1) is 5.92 Å². The van der Waals surface area contributed by atoms with E-state index in [0.29, 0.717) is 12.5 Å². The summed E-state index contributed by atoms with van der Waals surface area (Å²) < 4.78 is 0. The summed E-state index contributed by atoms with van der Waals surface area (Å²) in [7, 11) is 0. The largest absolute Gasteiger partial charge is 0.477 e. The molecule has 1 aliphatic rings. The number of nitrogens with one attached hydrogen (secondary N) is 1. The summed E-state index contributed by atoms with van der Waals surface area (Å²) in [4.78, 5) is 26.2. The number of hydrogen-bond acceptors (Lipinski definition) is 3. The predicted molar refractivity (Wildman–Crippen MR) is 60.9 cm³/mol. The fourth-order valence-electron chi connectivity index (χ4n) is 1.70. The zero-order chi connectivity index (χ0) is 12.3. The smallest absolute Gasteiger partial charge is 0.354 e. The van der Waals surface area contributed by atoms with Crippen LogP contribution < -0.4 is 5.32 Å². The summed E-state index contributed by atoms with van der Waals surface area (Å²) in [6, 6.07) is 4.41. The van der Waals surface area contributed by atoms with E-state index in [1.165, 1.54) is 24.6 Å². The molecule has 1 aromatic rings. The van der Waals surface area contributed by atoms with Gasteiger partial charge in [-0.3, -0.25) is 4.79 Å². The molecular formula is C12H14N2O3. The van der Waals surface area contributed by atoms with Crippen molar-refractivity contribution in [3.8, 4) is 0 Å². The number of nitrogens with zero attached hydrogens (tertiary/aromatic N) is 1. The number of aromatic carboxylic acids is 1. The highest BCUT2D eigenvalue weighted by Crippen LogP contribution is 2.25. The number of amides is 1. The number of carboxylic acid groups (broad SMARTS) is 1. The Bertz CT molecular complexity index is 441. The molecule has 5 heteroatoms. The summed E-state index contributed by atoms with van der Waals surface area (Å²) in [6.07, 6.45) is 3.54. The maximum absolute atomic E-state index is 11.7. The summed E-state index contributed by atoms with van der Waals surface area (Å²) in [5.74, 6) is -0.861. The maximum Gasteiger partial charge on any atom is 0.354 e. The number of pyridine rings is 1. The van der Waals surface area contributed by atoms with E-state index in [9.17, 15) is 9.59 Å². The Morgan fingerprint density at radius 1 is 1.35 bits per heavy atom. The van der Waals surface area contributed by atoms with Crippen LogP contribution in [0.25, 0.3) is 0 Å². The molecule has 2 N–H and O–H groups in total. The Hall–Kier alpha value is -1.91. The van der Waals surface area contributed by atoms with Crippen LogP contribution in [0.4, 0.5) is 0 Å². The molecule has 1 saturated carbocycles. The lowest BCUT2D eigenvalue weighted by Gasteiger charge is -2.25. The van der Waals surface area contributed by atoms with Gasteiger partial charge in [0.2, 0.25) is 0 Å². The number of carboxylic acids is 1. The van der Waals surface area contributed by atoms with Crippen LogP contribution in [0.2, 0.25) is 0 Å². The predicted octanol–water partition coefficient (Wildman–Crippen LogP) is 1.31. The molecule has 5 nitrogen and oxygen atoms in total. The van der Waals surface area contributed by atoms with Gasteiger partial charge in [-0.15, -0.1) is 0 Å². The van der Waals surface area contributed by atoms with Crippen LogP contribution in [0.3, 0.4) is 0 Å². The molecule has 17 heavy (non-hydrogen) atoms. The van der Waals surface area contributed by atoms with Crippen molar-refractivity contribution in [2.24, 2.45) is 5.92 Å². The van der Waals surface area contributed by atoms with E-state index in [-0.39, 0.29) is 17.3 Å². The van der Waals surface area contributed by atoms with Gasteiger partial charge >= 0.3 is 5.97 Å². The molecule has 0 atom stereocenters. The number of aromatic nitrogens is 1. The van der Waals surface area contributed by atoms with Crippen molar-refractivity contribution in [3.05, 3.63) is 29.6 Å². The van der Waals surface area contributed by atoms with Crippen molar-refractivity contribution in [1.29, 1.82) is 0 Å². The lowest BCUT2D eigenvalue weighted by molar-refractivity contribution is 0.0690. The number of carbonyl (C=O) groups excluding carboxylic acids is 1. The van der Waals surface area contributed by atoms with Crippen molar-refractivity contribution in [2.75, 3.05) is 6.54 Å². The molecule has 1 amide bonds.